The molecule has 3 rings (SSSR count). The van der Waals surface area contributed by atoms with Gasteiger partial charge in [-0.25, -0.2) is 4.79 Å². The van der Waals surface area contributed by atoms with Crippen LogP contribution in [-0.2, 0) is 7.05 Å². The smallest absolute Gasteiger partial charge is 0.352 e. The van der Waals surface area contributed by atoms with Gasteiger partial charge in [0.15, 0.2) is 5.75 Å². The molecule has 1 amide bonds. The Balaban J connectivity index is 2.05. The monoisotopic (exact) mass is 325 g/mol. The Morgan fingerprint density at radius 2 is 2.04 bits per heavy atom. The van der Waals surface area contributed by atoms with Crippen molar-refractivity contribution in [2.45, 2.75) is 0 Å². The molecule has 1 aromatic carbocycles. The number of benzene rings is 1. The molecule has 0 atom stereocenters. The molecule has 3 aromatic rings. The first-order valence-corrected chi connectivity index (χ1v) is 7.19. The third kappa shape index (κ3) is 2.67. The molecule has 7 heteroatoms. The van der Waals surface area contributed by atoms with E-state index in [-0.39, 0.29) is 17.3 Å². The zero-order chi connectivity index (χ0) is 17.3. The van der Waals surface area contributed by atoms with E-state index in [1.165, 1.54) is 19.3 Å². The number of hydrogen-bond acceptors (Lipinski definition) is 4. The number of aryl methyl sites for hydroxylation is 1. The molecule has 0 bridgehead atoms. The lowest BCUT2D eigenvalue weighted by molar-refractivity contribution is 0.0687. The molecule has 0 fully saturated rings. The fourth-order valence-electron chi connectivity index (χ4n) is 2.52. The van der Waals surface area contributed by atoms with E-state index in [9.17, 15) is 14.7 Å². The number of carboxylic acid groups (broad SMARTS) is 1. The normalized spacial score (nSPS) is 10.6. The van der Waals surface area contributed by atoms with Crippen molar-refractivity contribution in [2.24, 2.45) is 7.05 Å². The highest BCUT2D eigenvalue weighted by molar-refractivity contribution is 5.97. The Bertz CT molecular complexity index is 946. The minimum absolute atomic E-state index is 0.168. The van der Waals surface area contributed by atoms with Gasteiger partial charge in [-0.1, -0.05) is 12.1 Å². The summed E-state index contributed by atoms with van der Waals surface area (Å²) in [5.41, 5.74) is 1.07. The minimum atomic E-state index is -1.01. The van der Waals surface area contributed by atoms with Crippen LogP contribution < -0.4 is 10.1 Å². The van der Waals surface area contributed by atoms with Crippen molar-refractivity contribution in [2.75, 3.05) is 7.05 Å². The van der Waals surface area contributed by atoms with Crippen molar-refractivity contribution in [3.8, 4) is 11.5 Å². The predicted octanol–water partition coefficient (Wildman–Crippen LogP) is 2.42. The Morgan fingerprint density at radius 3 is 2.75 bits per heavy atom. The highest BCUT2D eigenvalue weighted by Gasteiger charge is 2.16. The van der Waals surface area contributed by atoms with Gasteiger partial charge in [0.25, 0.3) is 5.91 Å². The average molecular weight is 325 g/mol. The summed E-state index contributed by atoms with van der Waals surface area (Å²) in [4.78, 5) is 26.9. The van der Waals surface area contributed by atoms with Crippen LogP contribution in [0.5, 0.6) is 11.5 Å². The van der Waals surface area contributed by atoms with Crippen molar-refractivity contribution >= 4 is 22.8 Å². The number of nitrogens with one attached hydrogen (secondary N) is 1. The summed E-state index contributed by atoms with van der Waals surface area (Å²) in [7, 11) is 3.19. The number of para-hydroxylation sites is 1. The number of aromatic nitrogens is 2. The fourth-order valence-corrected chi connectivity index (χ4v) is 2.52. The van der Waals surface area contributed by atoms with Crippen LogP contribution in [0.25, 0.3) is 10.9 Å². The van der Waals surface area contributed by atoms with E-state index in [1.807, 2.05) is 6.07 Å². The quantitative estimate of drug-likeness (QED) is 0.768. The van der Waals surface area contributed by atoms with E-state index in [0.29, 0.717) is 17.0 Å². The molecule has 2 N–H and O–H groups in total. The summed E-state index contributed by atoms with van der Waals surface area (Å²) in [5, 5.41) is 12.5. The van der Waals surface area contributed by atoms with Crippen LogP contribution in [0.2, 0.25) is 0 Å². The minimum Gasteiger partial charge on any atom is -0.477 e. The zero-order valence-electron chi connectivity index (χ0n) is 13.1. The van der Waals surface area contributed by atoms with E-state index in [4.69, 9.17) is 4.74 Å². The van der Waals surface area contributed by atoms with Gasteiger partial charge in [-0.05, 0) is 18.2 Å². The summed E-state index contributed by atoms with van der Waals surface area (Å²) in [6.45, 7) is 0. The number of nitrogens with zero attached hydrogens (tertiary/aromatic N) is 2. The Kier molecular flexibility index (Phi) is 3.91. The summed E-state index contributed by atoms with van der Waals surface area (Å²) < 4.78 is 7.43. The molecule has 0 unspecified atom stereocenters. The van der Waals surface area contributed by atoms with Gasteiger partial charge >= 0.3 is 5.97 Å². The number of amides is 1. The lowest BCUT2D eigenvalue weighted by atomic mass is 10.2. The van der Waals surface area contributed by atoms with Gasteiger partial charge in [0, 0.05) is 31.7 Å². The molecular weight excluding hydrogens is 310 g/mol. The molecule has 2 aromatic heterocycles. The van der Waals surface area contributed by atoms with E-state index >= 15 is 0 Å². The second-order valence-corrected chi connectivity index (χ2v) is 5.15. The standard InChI is InChI=1S/C17H15N3O4/c1-18-16(21)12-9-11(6-7-19-12)24-14-5-3-4-10-8-13(17(22)23)20(2)15(10)14/h3-9H,1-2H3,(H,18,21)(H,22,23). The largest absolute Gasteiger partial charge is 0.477 e. The molecule has 0 aliphatic rings. The molecule has 0 saturated carbocycles. The molecule has 122 valence electrons. The van der Waals surface area contributed by atoms with E-state index in [2.05, 4.69) is 10.3 Å². The number of carbonyl (C=O) groups is 2. The van der Waals surface area contributed by atoms with Crippen LogP contribution in [-0.4, -0.2) is 33.6 Å². The van der Waals surface area contributed by atoms with Gasteiger partial charge in [-0.3, -0.25) is 9.78 Å². The maximum atomic E-state index is 11.7. The average Bonchev–Trinajstić information content (AvgIpc) is 2.92. The molecule has 0 aliphatic heterocycles. The molecule has 24 heavy (non-hydrogen) atoms. The second kappa shape index (κ2) is 6.04. The molecule has 0 spiro atoms. The molecule has 7 nitrogen and oxygen atoms in total. The van der Waals surface area contributed by atoms with Crippen molar-refractivity contribution in [1.29, 1.82) is 0 Å². The molecule has 0 aliphatic carbocycles. The lowest BCUT2D eigenvalue weighted by Gasteiger charge is -2.10. The van der Waals surface area contributed by atoms with Gasteiger partial charge in [0.2, 0.25) is 0 Å². The van der Waals surface area contributed by atoms with Crippen LogP contribution in [0.3, 0.4) is 0 Å². The van der Waals surface area contributed by atoms with E-state index in [0.717, 1.165) is 5.39 Å². The van der Waals surface area contributed by atoms with E-state index in [1.54, 1.807) is 35.9 Å². The second-order valence-electron chi connectivity index (χ2n) is 5.15. The molecule has 0 radical (unpaired) electrons. The maximum absolute atomic E-state index is 11.7. The third-order valence-corrected chi connectivity index (χ3v) is 3.66. The fraction of sp³-hybridized carbons (Fsp3) is 0.118. The number of hydrogen-bond donors (Lipinski definition) is 2. The van der Waals surface area contributed by atoms with Gasteiger partial charge in [0.05, 0.1) is 5.52 Å². The SMILES string of the molecule is CNC(=O)c1cc(Oc2cccc3cc(C(=O)O)n(C)c23)ccn1. The molecule has 0 saturated heterocycles. The number of carbonyl (C=O) groups excluding carboxylic acids is 1. The number of ether oxygens (including phenoxy) is 1. The highest BCUT2D eigenvalue weighted by Crippen LogP contribution is 2.31. The Labute approximate surface area is 137 Å². The topological polar surface area (TPSA) is 93.5 Å². The Morgan fingerprint density at radius 1 is 1.25 bits per heavy atom. The van der Waals surface area contributed by atoms with Gasteiger partial charge in [-0.2, -0.15) is 0 Å². The van der Waals surface area contributed by atoms with Crippen molar-refractivity contribution in [3.63, 3.8) is 0 Å². The zero-order valence-corrected chi connectivity index (χ0v) is 13.1. The van der Waals surface area contributed by atoms with Gasteiger partial charge < -0.3 is 19.7 Å². The predicted molar refractivity (Wildman–Crippen MR) is 87.6 cm³/mol. The maximum Gasteiger partial charge on any atom is 0.352 e. The first-order valence-electron chi connectivity index (χ1n) is 7.19. The van der Waals surface area contributed by atoms with Crippen LogP contribution in [0, 0.1) is 0 Å². The van der Waals surface area contributed by atoms with Crippen molar-refractivity contribution in [1.82, 2.24) is 14.9 Å². The first-order chi connectivity index (χ1) is 11.5. The number of carboxylic acids is 1. The van der Waals surface area contributed by atoms with Crippen molar-refractivity contribution < 1.29 is 19.4 Å². The lowest BCUT2D eigenvalue weighted by Crippen LogP contribution is -2.18. The molecule has 2 heterocycles. The molecular formula is C17H15N3O4. The summed E-state index contributed by atoms with van der Waals surface area (Å²) in [5.74, 6) is -0.387. The van der Waals surface area contributed by atoms with Gasteiger partial charge in [0.1, 0.15) is 17.1 Å². The van der Waals surface area contributed by atoms with Crippen LogP contribution in [0.1, 0.15) is 21.0 Å². The van der Waals surface area contributed by atoms with Crippen molar-refractivity contribution in [3.05, 3.63) is 54.0 Å². The number of pyridine rings is 1. The summed E-state index contributed by atoms with van der Waals surface area (Å²) in [6, 6.07) is 10.1. The van der Waals surface area contributed by atoms with Gasteiger partial charge in [-0.15, -0.1) is 0 Å². The first kappa shape index (κ1) is 15.5. The Hall–Kier alpha value is -3.35. The third-order valence-electron chi connectivity index (χ3n) is 3.66. The summed E-state index contributed by atoms with van der Waals surface area (Å²) in [6.07, 6.45) is 1.48. The van der Waals surface area contributed by atoms with E-state index < -0.39 is 5.97 Å². The van der Waals surface area contributed by atoms with Crippen LogP contribution in [0.15, 0.2) is 42.6 Å². The number of fused-ring (bicyclic) bond motifs is 1. The highest BCUT2D eigenvalue weighted by atomic mass is 16.5. The number of aromatic carboxylic acids is 1. The van der Waals surface area contributed by atoms with Crippen LogP contribution >= 0.6 is 0 Å². The van der Waals surface area contributed by atoms with Crippen LogP contribution in [0.4, 0.5) is 0 Å². The number of rotatable bonds is 4. The summed E-state index contributed by atoms with van der Waals surface area (Å²) >= 11 is 0.